The molecule has 0 unspecified atom stereocenters. The highest BCUT2D eigenvalue weighted by molar-refractivity contribution is 5.86. The monoisotopic (exact) mass is 430 g/mol. The summed E-state index contributed by atoms with van der Waals surface area (Å²) in [5, 5.41) is 19.8. The van der Waals surface area contributed by atoms with Crippen LogP contribution in [0.3, 0.4) is 0 Å². The Kier molecular flexibility index (Phi) is 5.39. The number of benzene rings is 2. The molecule has 0 bridgehead atoms. The minimum atomic E-state index is -0.957. The molecule has 0 fully saturated rings. The van der Waals surface area contributed by atoms with E-state index in [1.54, 1.807) is 27.3 Å². The highest BCUT2D eigenvalue weighted by Gasteiger charge is 2.23. The summed E-state index contributed by atoms with van der Waals surface area (Å²) in [6, 6.07) is 11.1. The van der Waals surface area contributed by atoms with E-state index in [-0.39, 0.29) is 12.1 Å². The van der Waals surface area contributed by atoms with E-state index >= 15 is 0 Å². The molecule has 4 rings (SSSR count). The standard InChI is InChI=1S/C25H26N4O3/c1-5-19(11-24(30)31)29-23-10-17(12-26)6-7-21(23)28(25(29)32)14-18-13-27(4)22-9-16(3)15(2)8-20(18)22/h6-10,13,19H,5,11,14H2,1-4H3,(H,30,31)/t19-/m0/s1. The van der Waals surface area contributed by atoms with Gasteiger partial charge in [0.05, 0.1) is 35.6 Å². The molecule has 0 aliphatic carbocycles. The van der Waals surface area contributed by atoms with Crippen molar-refractivity contribution >= 4 is 27.9 Å². The van der Waals surface area contributed by atoms with Crippen molar-refractivity contribution in [3.8, 4) is 6.07 Å². The number of aromatic nitrogens is 3. The summed E-state index contributed by atoms with van der Waals surface area (Å²) in [7, 11) is 1.99. The molecule has 4 aromatic rings. The van der Waals surface area contributed by atoms with E-state index in [0.29, 0.717) is 29.6 Å². The molecule has 0 spiro atoms. The van der Waals surface area contributed by atoms with E-state index in [4.69, 9.17) is 0 Å². The Morgan fingerprint density at radius 1 is 1.12 bits per heavy atom. The van der Waals surface area contributed by atoms with Crippen LogP contribution in [0.15, 0.2) is 41.3 Å². The van der Waals surface area contributed by atoms with Crippen LogP contribution in [0.5, 0.6) is 0 Å². The van der Waals surface area contributed by atoms with Crippen molar-refractivity contribution < 1.29 is 9.90 Å². The zero-order valence-corrected chi connectivity index (χ0v) is 18.7. The molecule has 7 nitrogen and oxygen atoms in total. The van der Waals surface area contributed by atoms with Gasteiger partial charge in [-0.25, -0.2) is 4.79 Å². The van der Waals surface area contributed by atoms with E-state index in [1.807, 2.05) is 20.2 Å². The summed E-state index contributed by atoms with van der Waals surface area (Å²) < 4.78 is 5.30. The highest BCUT2D eigenvalue weighted by Crippen LogP contribution is 2.27. The third-order valence-corrected chi connectivity index (χ3v) is 6.35. The van der Waals surface area contributed by atoms with Crippen molar-refractivity contribution in [3.63, 3.8) is 0 Å². The molecule has 1 atom stereocenters. The van der Waals surface area contributed by atoms with Gasteiger partial charge in [-0.15, -0.1) is 0 Å². The lowest BCUT2D eigenvalue weighted by Crippen LogP contribution is -2.28. The Morgan fingerprint density at radius 2 is 1.84 bits per heavy atom. The average Bonchev–Trinajstić information content (AvgIpc) is 3.20. The van der Waals surface area contributed by atoms with Crippen molar-refractivity contribution in [1.29, 1.82) is 5.26 Å². The Balaban J connectivity index is 1.94. The third-order valence-electron chi connectivity index (χ3n) is 6.35. The number of aliphatic carboxylic acids is 1. The van der Waals surface area contributed by atoms with Crippen LogP contribution in [0, 0.1) is 25.2 Å². The lowest BCUT2D eigenvalue weighted by atomic mass is 10.1. The SMILES string of the molecule is CC[C@@H](CC(=O)O)n1c(=O)n(Cc2cn(C)c3cc(C)c(C)cc23)c2ccc(C#N)cc21. The summed E-state index contributed by atoms with van der Waals surface area (Å²) in [6.45, 7) is 6.38. The van der Waals surface area contributed by atoms with Crippen LogP contribution in [0.1, 0.15) is 48.1 Å². The highest BCUT2D eigenvalue weighted by atomic mass is 16.4. The van der Waals surface area contributed by atoms with Gasteiger partial charge in [-0.05, 0) is 67.3 Å². The van der Waals surface area contributed by atoms with Gasteiger partial charge in [-0.1, -0.05) is 6.92 Å². The number of hydrogen-bond donors (Lipinski definition) is 1. The quantitative estimate of drug-likeness (QED) is 0.495. The van der Waals surface area contributed by atoms with Gasteiger partial charge >= 0.3 is 11.7 Å². The molecule has 0 saturated carbocycles. The van der Waals surface area contributed by atoms with Gasteiger partial charge in [-0.2, -0.15) is 5.26 Å². The van der Waals surface area contributed by atoms with E-state index in [0.717, 1.165) is 16.5 Å². The van der Waals surface area contributed by atoms with Crippen molar-refractivity contribution in [2.45, 2.75) is 46.2 Å². The first-order valence-corrected chi connectivity index (χ1v) is 10.7. The van der Waals surface area contributed by atoms with Crippen LogP contribution < -0.4 is 5.69 Å². The van der Waals surface area contributed by atoms with Gasteiger partial charge in [-0.3, -0.25) is 13.9 Å². The normalized spacial score (nSPS) is 12.3. The fraction of sp³-hybridized carbons (Fsp3) is 0.320. The number of imidazole rings is 1. The molecule has 32 heavy (non-hydrogen) atoms. The topological polar surface area (TPSA) is 92.9 Å². The van der Waals surface area contributed by atoms with Gasteiger partial charge in [0.2, 0.25) is 0 Å². The zero-order valence-electron chi connectivity index (χ0n) is 18.7. The predicted molar refractivity (Wildman–Crippen MR) is 124 cm³/mol. The first-order chi connectivity index (χ1) is 15.2. The number of fused-ring (bicyclic) bond motifs is 2. The van der Waals surface area contributed by atoms with Crippen LogP contribution in [0.2, 0.25) is 0 Å². The van der Waals surface area contributed by atoms with Crippen LogP contribution in [0.25, 0.3) is 21.9 Å². The molecule has 0 aliphatic heterocycles. The number of rotatable bonds is 6. The van der Waals surface area contributed by atoms with Crippen LogP contribution in [-0.4, -0.2) is 24.8 Å². The molecule has 0 saturated heterocycles. The second kappa shape index (κ2) is 8.04. The van der Waals surface area contributed by atoms with E-state index in [1.165, 1.54) is 11.1 Å². The van der Waals surface area contributed by atoms with Gasteiger partial charge in [0.15, 0.2) is 0 Å². The smallest absolute Gasteiger partial charge is 0.329 e. The molecule has 2 aromatic heterocycles. The molecule has 0 radical (unpaired) electrons. The maximum Gasteiger partial charge on any atom is 0.329 e. The number of carbonyl (C=O) groups is 1. The number of nitrogens with zero attached hydrogens (tertiary/aromatic N) is 4. The van der Waals surface area contributed by atoms with Crippen LogP contribution in [-0.2, 0) is 18.4 Å². The fourth-order valence-electron chi connectivity index (χ4n) is 4.49. The second-order valence-electron chi connectivity index (χ2n) is 8.43. The van der Waals surface area contributed by atoms with Crippen LogP contribution in [0.4, 0.5) is 0 Å². The summed E-state index contributed by atoms with van der Waals surface area (Å²) in [4.78, 5) is 25.0. The number of carboxylic acid groups (broad SMARTS) is 1. The van der Waals surface area contributed by atoms with Gasteiger partial charge in [0, 0.05) is 30.2 Å². The van der Waals surface area contributed by atoms with E-state index < -0.39 is 12.0 Å². The minimum Gasteiger partial charge on any atom is -0.481 e. The van der Waals surface area contributed by atoms with Crippen molar-refractivity contribution in [2.75, 3.05) is 0 Å². The van der Waals surface area contributed by atoms with Gasteiger partial charge < -0.3 is 9.67 Å². The average molecular weight is 431 g/mol. The Labute approximate surface area is 185 Å². The van der Waals surface area contributed by atoms with Gasteiger partial charge in [0.25, 0.3) is 0 Å². The molecule has 164 valence electrons. The summed E-state index contributed by atoms with van der Waals surface area (Å²) in [5.74, 6) is -0.957. The summed E-state index contributed by atoms with van der Waals surface area (Å²) >= 11 is 0. The minimum absolute atomic E-state index is 0.154. The van der Waals surface area contributed by atoms with Crippen molar-refractivity contribution in [3.05, 3.63) is 69.3 Å². The van der Waals surface area contributed by atoms with Gasteiger partial charge in [0.1, 0.15) is 0 Å². The zero-order chi connectivity index (χ0) is 23.2. The number of hydrogen-bond acceptors (Lipinski definition) is 3. The molecular formula is C25H26N4O3. The molecule has 2 aromatic carbocycles. The number of carboxylic acids is 1. The lowest BCUT2D eigenvalue weighted by Gasteiger charge is -2.14. The molecule has 7 heteroatoms. The fourth-order valence-corrected chi connectivity index (χ4v) is 4.49. The molecule has 0 amide bonds. The third kappa shape index (κ3) is 3.48. The second-order valence-corrected chi connectivity index (χ2v) is 8.43. The number of nitriles is 1. The molecular weight excluding hydrogens is 404 g/mol. The first-order valence-electron chi connectivity index (χ1n) is 10.7. The summed E-state index contributed by atoms with van der Waals surface area (Å²) in [5.41, 5.74) is 5.97. The molecule has 1 N–H and O–H groups in total. The first kappa shape index (κ1) is 21.4. The van der Waals surface area contributed by atoms with Crippen molar-refractivity contribution in [1.82, 2.24) is 13.7 Å². The molecule has 0 aliphatic rings. The lowest BCUT2D eigenvalue weighted by molar-refractivity contribution is -0.137. The maximum absolute atomic E-state index is 13.6. The van der Waals surface area contributed by atoms with Crippen molar-refractivity contribution in [2.24, 2.45) is 7.05 Å². The van der Waals surface area contributed by atoms with E-state index in [2.05, 4.69) is 36.6 Å². The largest absolute Gasteiger partial charge is 0.481 e. The predicted octanol–water partition coefficient (Wildman–Crippen LogP) is 4.26. The number of aryl methyl sites for hydroxylation is 3. The summed E-state index contributed by atoms with van der Waals surface area (Å²) in [6.07, 6.45) is 2.38. The van der Waals surface area contributed by atoms with Crippen LogP contribution >= 0.6 is 0 Å². The van der Waals surface area contributed by atoms with E-state index in [9.17, 15) is 20.0 Å². The Bertz CT molecular complexity index is 1460. The maximum atomic E-state index is 13.6. The molecule has 2 heterocycles. The Hall–Kier alpha value is -3.79. The Morgan fingerprint density at radius 3 is 2.50 bits per heavy atom.